The summed E-state index contributed by atoms with van der Waals surface area (Å²) in [4.78, 5) is 60.2. The van der Waals surface area contributed by atoms with Crippen molar-refractivity contribution >= 4 is 29.4 Å². The van der Waals surface area contributed by atoms with Crippen molar-refractivity contribution in [3.05, 3.63) is 23.9 Å². The average molecular weight is 413 g/mol. The van der Waals surface area contributed by atoms with Gasteiger partial charge in [0, 0.05) is 58.3 Å². The third-order valence-corrected chi connectivity index (χ3v) is 6.04. The standard InChI is InChI=1S/C21H27N5O4/c27-17-6-7-18(28)26(17)15-19(29)23-11-13-25(14-12-23)21(30)16-5-4-8-22-20(16)24-9-2-1-3-10-24/h4-5,8H,1-3,6-7,9-15H2. The first-order chi connectivity index (χ1) is 14.5. The molecule has 160 valence electrons. The number of anilines is 1. The molecular formula is C21H27N5O4. The Kier molecular flexibility index (Phi) is 5.96. The van der Waals surface area contributed by atoms with E-state index in [9.17, 15) is 19.2 Å². The molecule has 4 amide bonds. The van der Waals surface area contributed by atoms with Crippen LogP contribution in [0.1, 0.15) is 42.5 Å². The highest BCUT2D eigenvalue weighted by molar-refractivity contribution is 6.04. The van der Waals surface area contributed by atoms with Crippen molar-refractivity contribution in [2.45, 2.75) is 32.1 Å². The molecule has 0 bridgehead atoms. The summed E-state index contributed by atoms with van der Waals surface area (Å²) in [5.74, 6) is -0.151. The molecule has 1 aromatic rings. The highest BCUT2D eigenvalue weighted by Crippen LogP contribution is 2.23. The van der Waals surface area contributed by atoms with E-state index in [2.05, 4.69) is 9.88 Å². The van der Waals surface area contributed by atoms with Gasteiger partial charge in [0.1, 0.15) is 12.4 Å². The number of aromatic nitrogens is 1. The molecule has 0 spiro atoms. The number of rotatable bonds is 4. The zero-order valence-corrected chi connectivity index (χ0v) is 17.1. The molecular weight excluding hydrogens is 386 g/mol. The molecule has 0 aliphatic carbocycles. The van der Waals surface area contributed by atoms with E-state index in [1.807, 2.05) is 6.07 Å². The molecule has 3 saturated heterocycles. The second-order valence-electron chi connectivity index (χ2n) is 7.97. The molecule has 4 rings (SSSR count). The van der Waals surface area contributed by atoms with Crippen molar-refractivity contribution < 1.29 is 19.2 Å². The van der Waals surface area contributed by atoms with Crippen molar-refractivity contribution in [3.63, 3.8) is 0 Å². The van der Waals surface area contributed by atoms with Gasteiger partial charge in [-0.15, -0.1) is 0 Å². The van der Waals surface area contributed by atoms with E-state index in [1.165, 1.54) is 6.42 Å². The van der Waals surface area contributed by atoms with Gasteiger partial charge in [-0.2, -0.15) is 0 Å². The second-order valence-corrected chi connectivity index (χ2v) is 7.97. The van der Waals surface area contributed by atoms with Crippen LogP contribution in [-0.4, -0.2) is 89.1 Å². The molecule has 0 aromatic carbocycles. The van der Waals surface area contributed by atoms with Gasteiger partial charge in [0.15, 0.2) is 0 Å². The smallest absolute Gasteiger partial charge is 0.257 e. The third kappa shape index (κ3) is 4.15. The lowest BCUT2D eigenvalue weighted by Crippen LogP contribution is -2.53. The van der Waals surface area contributed by atoms with Crippen LogP contribution in [0.25, 0.3) is 0 Å². The van der Waals surface area contributed by atoms with Crippen LogP contribution in [0.3, 0.4) is 0 Å². The molecule has 1 aromatic heterocycles. The molecule has 0 unspecified atom stereocenters. The number of hydrogen-bond acceptors (Lipinski definition) is 6. The number of piperidine rings is 1. The molecule has 3 aliphatic heterocycles. The summed E-state index contributed by atoms with van der Waals surface area (Å²) >= 11 is 0. The maximum atomic E-state index is 13.2. The fourth-order valence-corrected chi connectivity index (χ4v) is 4.29. The predicted molar refractivity (Wildman–Crippen MR) is 109 cm³/mol. The minimum Gasteiger partial charge on any atom is -0.356 e. The first kappa shape index (κ1) is 20.3. The molecule has 9 nitrogen and oxygen atoms in total. The maximum absolute atomic E-state index is 13.2. The average Bonchev–Trinajstić information content (AvgIpc) is 3.11. The molecule has 0 radical (unpaired) electrons. The zero-order chi connectivity index (χ0) is 21.1. The van der Waals surface area contributed by atoms with Crippen molar-refractivity contribution in [1.29, 1.82) is 0 Å². The van der Waals surface area contributed by atoms with Gasteiger partial charge in [-0.3, -0.25) is 24.1 Å². The van der Waals surface area contributed by atoms with Gasteiger partial charge < -0.3 is 14.7 Å². The van der Waals surface area contributed by atoms with Crippen molar-refractivity contribution in [2.24, 2.45) is 0 Å². The SMILES string of the molecule is O=C(CN1C(=O)CCC1=O)N1CCN(C(=O)c2cccnc2N2CCCCC2)CC1. The Morgan fingerprint density at radius 2 is 1.50 bits per heavy atom. The van der Waals surface area contributed by atoms with Crippen LogP contribution in [0.4, 0.5) is 5.82 Å². The lowest BCUT2D eigenvalue weighted by molar-refractivity contribution is -0.146. The van der Waals surface area contributed by atoms with Gasteiger partial charge in [-0.1, -0.05) is 0 Å². The summed E-state index contributed by atoms with van der Waals surface area (Å²) in [6.07, 6.45) is 5.49. The van der Waals surface area contributed by atoms with Gasteiger partial charge in [0.25, 0.3) is 5.91 Å². The van der Waals surface area contributed by atoms with Gasteiger partial charge >= 0.3 is 0 Å². The van der Waals surface area contributed by atoms with Gasteiger partial charge in [0.2, 0.25) is 17.7 Å². The Morgan fingerprint density at radius 3 is 2.17 bits per heavy atom. The monoisotopic (exact) mass is 413 g/mol. The predicted octanol–water partition coefficient (Wildman–Crippen LogP) is 0.505. The Bertz CT molecular complexity index is 828. The van der Waals surface area contributed by atoms with Crippen molar-refractivity contribution in [3.8, 4) is 0 Å². The molecule has 0 saturated carbocycles. The number of hydrogen-bond donors (Lipinski definition) is 0. The molecule has 4 heterocycles. The number of likely N-dealkylation sites (tertiary alicyclic amines) is 1. The minimum absolute atomic E-state index is 0.0688. The Hall–Kier alpha value is -2.97. The highest BCUT2D eigenvalue weighted by Gasteiger charge is 2.33. The van der Waals surface area contributed by atoms with E-state index in [-0.39, 0.29) is 43.0 Å². The van der Waals surface area contributed by atoms with Crippen LogP contribution < -0.4 is 4.90 Å². The van der Waals surface area contributed by atoms with Gasteiger partial charge in [0.05, 0.1) is 5.56 Å². The van der Waals surface area contributed by atoms with E-state index in [0.717, 1.165) is 36.6 Å². The summed E-state index contributed by atoms with van der Waals surface area (Å²) < 4.78 is 0. The summed E-state index contributed by atoms with van der Waals surface area (Å²) in [5, 5.41) is 0. The largest absolute Gasteiger partial charge is 0.356 e. The number of nitrogens with zero attached hydrogens (tertiary/aromatic N) is 5. The molecule has 0 N–H and O–H groups in total. The lowest BCUT2D eigenvalue weighted by Gasteiger charge is -2.36. The van der Waals surface area contributed by atoms with E-state index in [0.29, 0.717) is 31.7 Å². The van der Waals surface area contributed by atoms with Gasteiger partial charge in [-0.25, -0.2) is 4.98 Å². The molecule has 3 aliphatic rings. The molecule has 30 heavy (non-hydrogen) atoms. The first-order valence-corrected chi connectivity index (χ1v) is 10.6. The van der Waals surface area contributed by atoms with Crippen LogP contribution in [0.5, 0.6) is 0 Å². The van der Waals surface area contributed by atoms with E-state index >= 15 is 0 Å². The number of imide groups is 1. The second kappa shape index (κ2) is 8.81. The number of amides is 4. The fourth-order valence-electron chi connectivity index (χ4n) is 4.29. The Balaban J connectivity index is 1.36. The van der Waals surface area contributed by atoms with Crippen LogP contribution >= 0.6 is 0 Å². The quantitative estimate of drug-likeness (QED) is 0.668. The normalized spacial score (nSPS) is 20.1. The maximum Gasteiger partial charge on any atom is 0.257 e. The summed E-state index contributed by atoms with van der Waals surface area (Å²) in [6.45, 7) is 3.23. The molecule has 0 atom stereocenters. The van der Waals surface area contributed by atoms with E-state index in [4.69, 9.17) is 0 Å². The Labute approximate surface area is 175 Å². The summed E-state index contributed by atoms with van der Waals surface area (Å²) in [7, 11) is 0. The highest BCUT2D eigenvalue weighted by atomic mass is 16.2. The van der Waals surface area contributed by atoms with Crippen LogP contribution in [0.2, 0.25) is 0 Å². The first-order valence-electron chi connectivity index (χ1n) is 10.6. The third-order valence-electron chi connectivity index (χ3n) is 6.04. The number of carbonyl (C=O) groups is 4. The van der Waals surface area contributed by atoms with E-state index < -0.39 is 0 Å². The number of carbonyl (C=O) groups excluding carboxylic acids is 4. The van der Waals surface area contributed by atoms with Crippen LogP contribution in [-0.2, 0) is 14.4 Å². The van der Waals surface area contributed by atoms with E-state index in [1.54, 1.807) is 22.1 Å². The summed E-state index contributed by atoms with van der Waals surface area (Å²) in [6, 6.07) is 3.60. The zero-order valence-electron chi connectivity index (χ0n) is 17.1. The molecule has 3 fully saturated rings. The van der Waals surface area contributed by atoms with Crippen molar-refractivity contribution in [2.75, 3.05) is 50.7 Å². The minimum atomic E-state index is -0.288. The van der Waals surface area contributed by atoms with Gasteiger partial charge in [-0.05, 0) is 31.4 Å². The molecule has 9 heteroatoms. The van der Waals surface area contributed by atoms with Crippen LogP contribution in [0, 0.1) is 0 Å². The number of pyridine rings is 1. The topological polar surface area (TPSA) is 94.1 Å². The summed E-state index contributed by atoms with van der Waals surface area (Å²) in [5.41, 5.74) is 0.604. The Morgan fingerprint density at radius 1 is 0.867 bits per heavy atom. The number of piperazine rings is 1. The van der Waals surface area contributed by atoms with Crippen LogP contribution in [0.15, 0.2) is 18.3 Å². The van der Waals surface area contributed by atoms with Crippen molar-refractivity contribution in [1.82, 2.24) is 19.7 Å². The fraction of sp³-hybridized carbons (Fsp3) is 0.571. The lowest BCUT2D eigenvalue weighted by atomic mass is 10.1.